The number of nitrogens with zero attached hydrogens (tertiary/aromatic N) is 1. The highest BCUT2D eigenvalue weighted by molar-refractivity contribution is 6.10. The number of hydrogen-bond acceptors (Lipinski definition) is 1. The molecule has 0 aromatic carbocycles. The average molecular weight is 187 g/mol. The van der Waals surface area contributed by atoms with E-state index in [1.807, 2.05) is 44.2 Å². The number of rotatable bonds is 5. The van der Waals surface area contributed by atoms with Gasteiger partial charge in [0, 0.05) is 6.20 Å². The summed E-state index contributed by atoms with van der Waals surface area (Å²) in [4.78, 5) is 4.18. The van der Waals surface area contributed by atoms with Gasteiger partial charge < -0.3 is 0 Å². The quantitative estimate of drug-likeness (QED) is 0.458. The predicted molar refractivity (Wildman–Crippen MR) is 65.5 cm³/mol. The van der Waals surface area contributed by atoms with Crippen LogP contribution < -0.4 is 0 Å². The minimum atomic E-state index is 0.889. The van der Waals surface area contributed by atoms with Crippen LogP contribution in [0.3, 0.4) is 0 Å². The van der Waals surface area contributed by atoms with Gasteiger partial charge in [-0.05, 0) is 25.5 Å². The number of allylic oxidation sites excluding steroid dienone is 7. The first kappa shape index (κ1) is 12.4. The smallest absolute Gasteiger partial charge is 0.0698 e. The van der Waals surface area contributed by atoms with Crippen LogP contribution in [-0.4, -0.2) is 5.71 Å². The summed E-state index contributed by atoms with van der Waals surface area (Å²) in [5.74, 6) is 0. The summed E-state index contributed by atoms with van der Waals surface area (Å²) in [6.07, 6.45) is 13.1. The summed E-state index contributed by atoms with van der Waals surface area (Å²) in [5, 5.41) is 0. The fraction of sp³-hybridized carbons (Fsp3) is 0.154. The van der Waals surface area contributed by atoms with Gasteiger partial charge in [-0.2, -0.15) is 0 Å². The Bertz CT molecular complexity index is 269. The van der Waals surface area contributed by atoms with E-state index in [0.717, 1.165) is 11.3 Å². The molecule has 0 atom stereocenters. The first-order valence-electron chi connectivity index (χ1n) is 4.57. The molecule has 0 saturated heterocycles. The Labute approximate surface area is 86.6 Å². The average Bonchev–Trinajstić information content (AvgIpc) is 2.17. The van der Waals surface area contributed by atoms with Crippen molar-refractivity contribution in [2.24, 2.45) is 4.99 Å². The van der Waals surface area contributed by atoms with Crippen LogP contribution in [0.1, 0.15) is 13.8 Å². The van der Waals surface area contributed by atoms with Crippen molar-refractivity contribution < 1.29 is 0 Å². The molecule has 0 aliphatic carbocycles. The molecular formula is C13H17N. The summed E-state index contributed by atoms with van der Waals surface area (Å²) in [5.41, 5.74) is 1.92. The third-order valence-corrected chi connectivity index (χ3v) is 1.49. The van der Waals surface area contributed by atoms with Crippen LogP contribution >= 0.6 is 0 Å². The molecule has 0 saturated carbocycles. The summed E-state index contributed by atoms with van der Waals surface area (Å²) < 4.78 is 0. The summed E-state index contributed by atoms with van der Waals surface area (Å²) in [6, 6.07) is 0. The van der Waals surface area contributed by atoms with E-state index >= 15 is 0 Å². The molecule has 0 aliphatic rings. The van der Waals surface area contributed by atoms with Crippen LogP contribution in [-0.2, 0) is 0 Å². The topological polar surface area (TPSA) is 12.4 Å². The van der Waals surface area contributed by atoms with Gasteiger partial charge in [-0.15, -0.1) is 0 Å². The Morgan fingerprint density at radius 3 is 2.14 bits per heavy atom. The predicted octanol–water partition coefficient (Wildman–Crippen LogP) is 3.84. The SMILES string of the molecule is C=C/C=C(/C=C\C)C(\C=C/C)=N\C=C. The Morgan fingerprint density at radius 2 is 1.71 bits per heavy atom. The zero-order chi connectivity index (χ0) is 10.8. The van der Waals surface area contributed by atoms with Gasteiger partial charge in [0.2, 0.25) is 0 Å². The van der Waals surface area contributed by atoms with Crippen molar-refractivity contribution in [1.29, 1.82) is 0 Å². The van der Waals surface area contributed by atoms with Gasteiger partial charge in [0.25, 0.3) is 0 Å². The molecular weight excluding hydrogens is 170 g/mol. The standard InChI is InChI=1S/C13H17N/c1-5-9-12(10-6-2)13(11-7-3)14-8-4/h5-11H,1,4H2,2-3H3/b10-6-,11-7-,12-9-,14-13+. The largest absolute Gasteiger partial charge is 0.257 e. The van der Waals surface area contributed by atoms with E-state index in [1.54, 1.807) is 6.08 Å². The lowest BCUT2D eigenvalue weighted by atomic mass is 10.1. The fourth-order valence-corrected chi connectivity index (χ4v) is 1.00. The van der Waals surface area contributed by atoms with Gasteiger partial charge in [-0.25, -0.2) is 0 Å². The Kier molecular flexibility index (Phi) is 7.06. The Hall–Kier alpha value is -1.63. The third-order valence-electron chi connectivity index (χ3n) is 1.49. The van der Waals surface area contributed by atoms with Gasteiger partial charge in [0.1, 0.15) is 0 Å². The van der Waals surface area contributed by atoms with Crippen LogP contribution in [0, 0.1) is 0 Å². The highest BCUT2D eigenvalue weighted by Crippen LogP contribution is 2.04. The van der Waals surface area contributed by atoms with Gasteiger partial charge in [0.05, 0.1) is 5.71 Å². The molecule has 0 bridgehead atoms. The van der Waals surface area contributed by atoms with Gasteiger partial charge >= 0.3 is 0 Å². The van der Waals surface area contributed by atoms with Crippen molar-refractivity contribution >= 4 is 5.71 Å². The van der Waals surface area contributed by atoms with E-state index in [-0.39, 0.29) is 0 Å². The monoisotopic (exact) mass is 187 g/mol. The van der Waals surface area contributed by atoms with Crippen molar-refractivity contribution in [3.8, 4) is 0 Å². The van der Waals surface area contributed by atoms with E-state index in [1.165, 1.54) is 6.20 Å². The normalized spacial score (nSPS) is 13.9. The second kappa shape index (κ2) is 7.99. The Balaban J connectivity index is 5.12. The van der Waals surface area contributed by atoms with Crippen molar-refractivity contribution in [2.45, 2.75) is 13.8 Å². The van der Waals surface area contributed by atoms with Gasteiger partial charge in [-0.1, -0.05) is 43.5 Å². The summed E-state index contributed by atoms with van der Waals surface area (Å²) in [7, 11) is 0. The van der Waals surface area contributed by atoms with E-state index in [9.17, 15) is 0 Å². The fourth-order valence-electron chi connectivity index (χ4n) is 1.00. The molecule has 74 valence electrons. The molecule has 0 aromatic heterocycles. The van der Waals surface area contributed by atoms with Crippen molar-refractivity contribution in [1.82, 2.24) is 0 Å². The van der Waals surface area contributed by atoms with Crippen LogP contribution in [0.25, 0.3) is 0 Å². The van der Waals surface area contributed by atoms with Crippen LogP contribution in [0.2, 0.25) is 0 Å². The number of hydrogen-bond donors (Lipinski definition) is 0. The van der Waals surface area contributed by atoms with Crippen molar-refractivity contribution in [3.05, 3.63) is 61.4 Å². The van der Waals surface area contributed by atoms with Crippen molar-refractivity contribution in [2.75, 3.05) is 0 Å². The molecule has 0 aliphatic heterocycles. The molecule has 1 heteroatoms. The first-order valence-corrected chi connectivity index (χ1v) is 4.57. The molecule has 14 heavy (non-hydrogen) atoms. The second-order valence-electron chi connectivity index (χ2n) is 2.55. The highest BCUT2D eigenvalue weighted by atomic mass is 14.7. The molecule has 0 fully saturated rings. The maximum Gasteiger partial charge on any atom is 0.0698 e. The van der Waals surface area contributed by atoms with Crippen molar-refractivity contribution in [3.63, 3.8) is 0 Å². The van der Waals surface area contributed by atoms with Gasteiger partial charge in [-0.3, -0.25) is 4.99 Å². The van der Waals surface area contributed by atoms with E-state index in [4.69, 9.17) is 0 Å². The summed E-state index contributed by atoms with van der Waals surface area (Å²) >= 11 is 0. The number of aliphatic imine (C=N–C) groups is 1. The molecule has 0 N–H and O–H groups in total. The van der Waals surface area contributed by atoms with Crippen LogP contribution in [0.5, 0.6) is 0 Å². The maximum absolute atomic E-state index is 4.18. The lowest BCUT2D eigenvalue weighted by Gasteiger charge is -1.99. The molecule has 0 rings (SSSR count). The molecule has 0 unspecified atom stereocenters. The lowest BCUT2D eigenvalue weighted by molar-refractivity contribution is 1.54. The highest BCUT2D eigenvalue weighted by Gasteiger charge is 1.96. The molecule has 0 radical (unpaired) electrons. The van der Waals surface area contributed by atoms with E-state index < -0.39 is 0 Å². The minimum Gasteiger partial charge on any atom is -0.257 e. The zero-order valence-corrected chi connectivity index (χ0v) is 8.90. The lowest BCUT2D eigenvalue weighted by Crippen LogP contribution is -1.95. The Morgan fingerprint density at radius 1 is 1.07 bits per heavy atom. The third kappa shape index (κ3) is 4.41. The zero-order valence-electron chi connectivity index (χ0n) is 8.90. The summed E-state index contributed by atoms with van der Waals surface area (Å²) in [6.45, 7) is 11.2. The molecule has 0 aromatic rings. The molecule has 1 nitrogen and oxygen atoms in total. The van der Waals surface area contributed by atoms with E-state index in [2.05, 4.69) is 18.2 Å². The molecule has 0 spiro atoms. The molecule has 0 heterocycles. The van der Waals surface area contributed by atoms with Crippen LogP contribution in [0.15, 0.2) is 66.4 Å². The second-order valence-corrected chi connectivity index (χ2v) is 2.55. The maximum atomic E-state index is 4.18. The van der Waals surface area contributed by atoms with E-state index in [0.29, 0.717) is 0 Å². The minimum absolute atomic E-state index is 0.889. The van der Waals surface area contributed by atoms with Gasteiger partial charge in [0.15, 0.2) is 0 Å². The molecule has 0 amide bonds. The first-order chi connectivity index (χ1) is 6.79. The van der Waals surface area contributed by atoms with Crippen LogP contribution in [0.4, 0.5) is 0 Å².